The van der Waals surface area contributed by atoms with Crippen LogP contribution in [0.3, 0.4) is 0 Å². The van der Waals surface area contributed by atoms with Crippen LogP contribution in [0.2, 0.25) is 0 Å². The standard InChI is InChI=1S/C35H31FO4/c1-21(2)34(37)39-32-15-13-27(17-23(32)5)26-9-7-25(8-10-26)19-30-12-11-29(20-31(30)36)28-14-16-33(24(6)18-28)40-35(38)22(3)4/h7-18,20H,1,3,19H2,2,4-6H3. The van der Waals surface area contributed by atoms with Crippen molar-refractivity contribution in [2.75, 3.05) is 0 Å². The smallest absolute Gasteiger partial charge is 0.338 e. The van der Waals surface area contributed by atoms with E-state index < -0.39 is 11.9 Å². The summed E-state index contributed by atoms with van der Waals surface area (Å²) in [5.41, 5.74) is 7.44. The van der Waals surface area contributed by atoms with Crippen molar-refractivity contribution in [2.45, 2.75) is 34.1 Å². The Morgan fingerprint density at radius 3 is 1.52 bits per heavy atom. The van der Waals surface area contributed by atoms with Crippen LogP contribution >= 0.6 is 0 Å². The van der Waals surface area contributed by atoms with Crippen LogP contribution in [-0.4, -0.2) is 11.9 Å². The Bertz CT molecular complexity index is 1630. The van der Waals surface area contributed by atoms with E-state index in [9.17, 15) is 9.59 Å². The third-order valence-electron chi connectivity index (χ3n) is 6.52. The van der Waals surface area contributed by atoms with Gasteiger partial charge < -0.3 is 9.47 Å². The molecular weight excluding hydrogens is 503 g/mol. The lowest BCUT2D eigenvalue weighted by Crippen LogP contribution is -2.09. The number of aryl methyl sites for hydroxylation is 2. The van der Waals surface area contributed by atoms with E-state index in [4.69, 9.17) is 9.47 Å². The zero-order valence-corrected chi connectivity index (χ0v) is 23.1. The number of benzene rings is 4. The Kier molecular flexibility index (Phi) is 8.44. The number of hydrogen-bond donors (Lipinski definition) is 0. The van der Waals surface area contributed by atoms with Crippen LogP contribution in [0, 0.1) is 19.7 Å². The molecule has 0 unspecified atom stereocenters. The molecule has 0 amide bonds. The van der Waals surface area contributed by atoms with Crippen LogP contribution in [0.1, 0.15) is 36.1 Å². The molecule has 0 aromatic heterocycles. The Balaban J connectivity index is 1.46. The molecule has 40 heavy (non-hydrogen) atoms. The summed E-state index contributed by atoms with van der Waals surface area (Å²) in [4.78, 5) is 23.7. The summed E-state index contributed by atoms with van der Waals surface area (Å²) < 4.78 is 25.8. The van der Waals surface area contributed by atoms with Crippen molar-refractivity contribution in [3.8, 4) is 33.8 Å². The molecule has 0 aliphatic heterocycles. The van der Waals surface area contributed by atoms with Gasteiger partial charge in [-0.15, -0.1) is 0 Å². The molecule has 0 radical (unpaired) electrons. The first-order valence-electron chi connectivity index (χ1n) is 12.9. The molecule has 202 valence electrons. The minimum Gasteiger partial charge on any atom is -0.423 e. The van der Waals surface area contributed by atoms with Gasteiger partial charge >= 0.3 is 11.9 Å². The van der Waals surface area contributed by atoms with Crippen molar-refractivity contribution in [3.05, 3.63) is 131 Å². The zero-order chi connectivity index (χ0) is 29.0. The van der Waals surface area contributed by atoms with Crippen LogP contribution in [0.4, 0.5) is 4.39 Å². The summed E-state index contributed by atoms with van der Waals surface area (Å²) in [6.45, 7) is 14.1. The van der Waals surface area contributed by atoms with E-state index in [2.05, 4.69) is 13.2 Å². The number of carbonyl (C=O) groups excluding carboxylic acids is 2. The topological polar surface area (TPSA) is 52.6 Å². The summed E-state index contributed by atoms with van der Waals surface area (Å²) in [5.74, 6) is -0.254. The summed E-state index contributed by atoms with van der Waals surface area (Å²) >= 11 is 0. The van der Waals surface area contributed by atoms with Gasteiger partial charge in [-0.25, -0.2) is 14.0 Å². The van der Waals surface area contributed by atoms with Crippen LogP contribution in [-0.2, 0) is 16.0 Å². The first-order valence-corrected chi connectivity index (χ1v) is 12.9. The van der Waals surface area contributed by atoms with Gasteiger partial charge in [0.15, 0.2) is 0 Å². The first-order chi connectivity index (χ1) is 19.0. The Morgan fingerprint density at radius 2 is 1.07 bits per heavy atom. The minimum atomic E-state index is -0.478. The number of rotatable bonds is 8. The zero-order valence-electron chi connectivity index (χ0n) is 23.1. The van der Waals surface area contributed by atoms with Crippen molar-refractivity contribution in [1.29, 1.82) is 0 Å². The molecule has 0 N–H and O–H groups in total. The van der Waals surface area contributed by atoms with E-state index in [1.54, 1.807) is 38.1 Å². The molecule has 0 heterocycles. The van der Waals surface area contributed by atoms with Gasteiger partial charge in [0.25, 0.3) is 0 Å². The number of esters is 2. The van der Waals surface area contributed by atoms with E-state index in [-0.39, 0.29) is 5.82 Å². The van der Waals surface area contributed by atoms with Gasteiger partial charge in [0.1, 0.15) is 17.3 Å². The average Bonchev–Trinajstić information content (AvgIpc) is 2.92. The highest BCUT2D eigenvalue weighted by molar-refractivity contribution is 5.89. The highest BCUT2D eigenvalue weighted by Gasteiger charge is 2.12. The van der Waals surface area contributed by atoms with Crippen molar-refractivity contribution < 1.29 is 23.5 Å². The third-order valence-corrected chi connectivity index (χ3v) is 6.52. The van der Waals surface area contributed by atoms with Gasteiger partial charge in [-0.05, 0) is 103 Å². The van der Waals surface area contributed by atoms with Gasteiger partial charge in [0.05, 0.1) is 0 Å². The van der Waals surface area contributed by atoms with Crippen molar-refractivity contribution >= 4 is 11.9 Å². The van der Waals surface area contributed by atoms with Crippen LogP contribution in [0.5, 0.6) is 11.5 Å². The number of ether oxygens (including phenoxy) is 2. The second kappa shape index (κ2) is 12.0. The fourth-order valence-electron chi connectivity index (χ4n) is 4.17. The number of halogens is 1. The molecule has 0 fully saturated rings. The van der Waals surface area contributed by atoms with Crippen molar-refractivity contribution in [2.24, 2.45) is 0 Å². The van der Waals surface area contributed by atoms with Gasteiger partial charge in [-0.1, -0.05) is 61.7 Å². The van der Waals surface area contributed by atoms with Gasteiger partial charge in [-0.2, -0.15) is 0 Å². The molecule has 0 aliphatic carbocycles. The maximum Gasteiger partial charge on any atom is 0.338 e. The molecule has 0 bridgehead atoms. The van der Waals surface area contributed by atoms with Gasteiger partial charge in [0, 0.05) is 17.6 Å². The van der Waals surface area contributed by atoms with Gasteiger partial charge in [-0.3, -0.25) is 0 Å². The van der Waals surface area contributed by atoms with E-state index >= 15 is 4.39 Å². The van der Waals surface area contributed by atoms with E-state index in [0.29, 0.717) is 34.6 Å². The number of hydrogen-bond acceptors (Lipinski definition) is 4. The van der Waals surface area contributed by atoms with Crippen LogP contribution < -0.4 is 9.47 Å². The second-order valence-corrected chi connectivity index (χ2v) is 9.98. The molecule has 4 rings (SSSR count). The normalized spacial score (nSPS) is 10.6. The summed E-state index contributed by atoms with van der Waals surface area (Å²) in [6, 6.07) is 24.2. The fraction of sp³-hybridized carbons (Fsp3) is 0.143. The minimum absolute atomic E-state index is 0.285. The fourth-order valence-corrected chi connectivity index (χ4v) is 4.17. The predicted molar refractivity (Wildman–Crippen MR) is 157 cm³/mol. The SMILES string of the molecule is C=C(C)C(=O)Oc1ccc(-c2ccc(Cc3ccc(-c4ccc(OC(=O)C(=C)C)c(C)c4)cc3F)cc2)cc1C. The van der Waals surface area contributed by atoms with E-state index in [0.717, 1.165) is 38.9 Å². The summed E-state index contributed by atoms with van der Waals surface area (Å²) in [7, 11) is 0. The van der Waals surface area contributed by atoms with Crippen molar-refractivity contribution in [3.63, 3.8) is 0 Å². The Hall–Kier alpha value is -4.77. The highest BCUT2D eigenvalue weighted by atomic mass is 19.1. The highest BCUT2D eigenvalue weighted by Crippen LogP contribution is 2.30. The number of carbonyl (C=O) groups is 2. The molecule has 5 heteroatoms. The first kappa shape index (κ1) is 28.2. The molecule has 4 nitrogen and oxygen atoms in total. The molecule has 4 aromatic rings. The monoisotopic (exact) mass is 534 g/mol. The molecule has 0 aliphatic rings. The molecule has 0 spiro atoms. The molecule has 0 saturated heterocycles. The maximum absolute atomic E-state index is 15.1. The quantitative estimate of drug-likeness (QED) is 0.130. The Morgan fingerprint density at radius 1 is 0.650 bits per heavy atom. The third kappa shape index (κ3) is 6.62. The van der Waals surface area contributed by atoms with Crippen LogP contribution in [0.25, 0.3) is 22.3 Å². The summed E-state index contributed by atoms with van der Waals surface area (Å²) in [6.07, 6.45) is 0.454. The maximum atomic E-state index is 15.1. The van der Waals surface area contributed by atoms with E-state index in [1.165, 1.54) is 6.07 Å². The molecule has 0 saturated carbocycles. The van der Waals surface area contributed by atoms with Crippen molar-refractivity contribution in [1.82, 2.24) is 0 Å². The lowest BCUT2D eigenvalue weighted by atomic mass is 9.97. The lowest BCUT2D eigenvalue weighted by Gasteiger charge is -2.11. The lowest BCUT2D eigenvalue weighted by molar-refractivity contribution is -0.131. The largest absolute Gasteiger partial charge is 0.423 e. The van der Waals surface area contributed by atoms with Crippen LogP contribution in [0.15, 0.2) is 103 Å². The summed E-state index contributed by atoms with van der Waals surface area (Å²) in [5, 5.41) is 0. The average molecular weight is 535 g/mol. The van der Waals surface area contributed by atoms with E-state index in [1.807, 2.05) is 62.4 Å². The predicted octanol–water partition coefficient (Wildman–Crippen LogP) is 8.33. The Labute approximate surface area is 234 Å². The second-order valence-electron chi connectivity index (χ2n) is 9.98. The van der Waals surface area contributed by atoms with Gasteiger partial charge in [0.2, 0.25) is 0 Å². The molecule has 4 aromatic carbocycles. The molecule has 0 atom stereocenters. The molecular formula is C35H31FO4.